The fourth-order valence-corrected chi connectivity index (χ4v) is 3.51. The summed E-state index contributed by atoms with van der Waals surface area (Å²) < 4.78 is 136. The zero-order valence-electron chi connectivity index (χ0n) is 20.5. The van der Waals surface area contributed by atoms with E-state index < -0.39 is 43.2 Å². The first-order valence-electron chi connectivity index (χ1n) is 11.4. The van der Waals surface area contributed by atoms with Crippen LogP contribution in [-0.4, -0.2) is 50.6 Å². The molecule has 0 N–H and O–H groups in total. The van der Waals surface area contributed by atoms with Crippen LogP contribution in [0.3, 0.4) is 0 Å². The Kier molecular flexibility index (Phi) is 9.61. The fraction of sp³-hybridized carbons (Fsp3) is 0.269. The molecule has 0 amide bonds. The summed E-state index contributed by atoms with van der Waals surface area (Å²) in [4.78, 5) is 12.6. The zero-order chi connectivity index (χ0) is 30.4. The lowest BCUT2D eigenvalue weighted by molar-refractivity contribution is -0.274. The molecular weight excluding hydrogens is 580 g/mol. The van der Waals surface area contributed by atoms with E-state index in [1.807, 2.05) is 0 Å². The Morgan fingerprint density at radius 2 is 1.46 bits per heavy atom. The van der Waals surface area contributed by atoms with Crippen molar-refractivity contribution in [2.45, 2.75) is 25.1 Å². The second-order valence-corrected chi connectivity index (χ2v) is 8.20. The molecule has 0 aliphatic carbocycles. The molecule has 0 atom stereocenters. The summed E-state index contributed by atoms with van der Waals surface area (Å²) >= 11 is 0. The normalized spacial score (nSPS) is 13.5. The molecule has 0 fully saturated rings. The molecule has 0 radical (unpaired) electrons. The topological polar surface area (TPSA) is 48.0 Å². The predicted octanol–water partition coefficient (Wildman–Crippen LogP) is 7.51. The van der Waals surface area contributed by atoms with E-state index in [1.165, 1.54) is 53.4 Å². The van der Waals surface area contributed by atoms with Gasteiger partial charge in [-0.2, -0.15) is 30.7 Å². The second kappa shape index (κ2) is 12.6. The van der Waals surface area contributed by atoms with Gasteiger partial charge in [0.15, 0.2) is 5.75 Å². The molecule has 222 valence electrons. The van der Waals surface area contributed by atoms with Gasteiger partial charge in [-0.1, -0.05) is 42.5 Å². The van der Waals surface area contributed by atoms with Gasteiger partial charge in [-0.05, 0) is 35.9 Å². The SMILES string of the molecule is FC(F)C(F)(F)Oc1ccccc1.O=C(CN1CCOc2c(-c3cccc(OC(F)(F)F)c3)cccc21)C(F)(F)F. The number of anilines is 1. The molecule has 0 saturated carbocycles. The largest absolute Gasteiger partial charge is 0.573 e. The van der Waals surface area contributed by atoms with Gasteiger partial charge in [-0.25, -0.2) is 0 Å². The Bertz CT molecular complexity index is 1310. The number of ether oxygens (including phenoxy) is 3. The first-order valence-corrected chi connectivity index (χ1v) is 11.4. The first-order chi connectivity index (χ1) is 19.1. The number of para-hydroxylation sites is 2. The number of carbonyl (C=O) groups is 1. The average Bonchev–Trinajstić information content (AvgIpc) is 2.88. The van der Waals surface area contributed by atoms with E-state index in [0.29, 0.717) is 11.1 Å². The maximum absolute atomic E-state index is 12.6. The van der Waals surface area contributed by atoms with Gasteiger partial charge in [0.1, 0.15) is 18.1 Å². The zero-order valence-corrected chi connectivity index (χ0v) is 20.5. The van der Waals surface area contributed by atoms with Gasteiger partial charge >= 0.3 is 25.1 Å². The summed E-state index contributed by atoms with van der Waals surface area (Å²) in [6.45, 7) is -0.788. The molecule has 3 aromatic rings. The van der Waals surface area contributed by atoms with Crippen LogP contribution in [0.2, 0.25) is 0 Å². The van der Waals surface area contributed by atoms with Crippen molar-refractivity contribution in [3.63, 3.8) is 0 Å². The van der Waals surface area contributed by atoms with Gasteiger partial charge in [-0.15, -0.1) is 13.2 Å². The van der Waals surface area contributed by atoms with Gasteiger partial charge in [0.05, 0.1) is 18.8 Å². The van der Waals surface area contributed by atoms with E-state index in [2.05, 4.69) is 9.47 Å². The standard InChI is InChI=1S/C18H13F6NO3.C8H6F4O/c19-17(20,21)15(26)10-25-7-8-27-16-13(5-2-6-14(16)25)11-3-1-4-12(9-11)28-18(22,23)24;9-7(10)8(11,12)13-6-4-2-1-3-5-6/h1-6,9H,7-8,10H2;1-5,7H. The van der Waals surface area contributed by atoms with Crippen LogP contribution in [0.25, 0.3) is 11.1 Å². The minimum Gasteiger partial charge on any atom is -0.489 e. The Morgan fingerprint density at radius 1 is 0.829 bits per heavy atom. The molecule has 0 saturated heterocycles. The van der Waals surface area contributed by atoms with E-state index in [0.717, 1.165) is 12.1 Å². The third kappa shape index (κ3) is 8.91. The number of nitrogens with zero attached hydrogens (tertiary/aromatic N) is 1. The molecular formula is C26H19F10NO4. The van der Waals surface area contributed by atoms with Crippen LogP contribution in [0, 0.1) is 0 Å². The molecule has 5 nitrogen and oxygen atoms in total. The number of rotatable bonds is 7. The second-order valence-electron chi connectivity index (χ2n) is 8.20. The minimum absolute atomic E-state index is 0.0217. The highest BCUT2D eigenvalue weighted by Gasteiger charge is 2.44. The number of benzene rings is 3. The molecule has 41 heavy (non-hydrogen) atoms. The molecule has 1 aliphatic heterocycles. The van der Waals surface area contributed by atoms with Crippen molar-refractivity contribution < 1.29 is 62.9 Å². The summed E-state index contributed by atoms with van der Waals surface area (Å²) in [6, 6.07) is 16.4. The summed E-state index contributed by atoms with van der Waals surface area (Å²) in [5.74, 6) is -2.44. The highest BCUT2D eigenvalue weighted by atomic mass is 19.4. The third-order valence-electron chi connectivity index (χ3n) is 5.22. The number of fused-ring (bicyclic) bond motifs is 1. The Balaban J connectivity index is 0.000000298. The van der Waals surface area contributed by atoms with Crippen LogP contribution in [0.15, 0.2) is 72.8 Å². The molecule has 3 aromatic carbocycles. The third-order valence-corrected chi connectivity index (χ3v) is 5.22. The van der Waals surface area contributed by atoms with Crippen LogP contribution in [0.1, 0.15) is 0 Å². The molecule has 1 heterocycles. The quantitative estimate of drug-likeness (QED) is 0.263. The molecule has 0 aromatic heterocycles. The van der Waals surface area contributed by atoms with Gasteiger partial charge in [0.2, 0.25) is 0 Å². The number of halogens is 10. The summed E-state index contributed by atoms with van der Waals surface area (Å²) in [6.07, 6.45) is -18.1. The molecule has 1 aliphatic rings. The number of alkyl halides is 10. The number of ketones is 1. The van der Waals surface area contributed by atoms with Crippen molar-refractivity contribution in [2.75, 3.05) is 24.6 Å². The van der Waals surface area contributed by atoms with Crippen LogP contribution in [-0.2, 0) is 4.79 Å². The Hall–Kier alpha value is -4.17. The fourth-order valence-electron chi connectivity index (χ4n) is 3.51. The van der Waals surface area contributed by atoms with Crippen LogP contribution >= 0.6 is 0 Å². The highest BCUT2D eigenvalue weighted by molar-refractivity contribution is 5.90. The predicted molar refractivity (Wildman–Crippen MR) is 125 cm³/mol. The number of carbonyl (C=O) groups excluding carboxylic acids is 1. The average molecular weight is 599 g/mol. The number of Topliss-reactive ketones (excluding diaryl/α,β-unsaturated/α-hetero) is 1. The van der Waals surface area contributed by atoms with Crippen molar-refractivity contribution in [2.24, 2.45) is 0 Å². The molecule has 0 unspecified atom stereocenters. The maximum atomic E-state index is 12.6. The van der Waals surface area contributed by atoms with E-state index in [-0.39, 0.29) is 30.3 Å². The lowest BCUT2D eigenvalue weighted by atomic mass is 10.0. The molecule has 4 rings (SSSR count). The van der Waals surface area contributed by atoms with Crippen molar-refractivity contribution in [3.05, 3.63) is 72.8 Å². The first kappa shape index (κ1) is 31.4. The Morgan fingerprint density at radius 3 is 2.07 bits per heavy atom. The van der Waals surface area contributed by atoms with Gasteiger partial charge in [0, 0.05) is 5.56 Å². The van der Waals surface area contributed by atoms with Crippen molar-refractivity contribution in [1.29, 1.82) is 0 Å². The maximum Gasteiger partial charge on any atom is 0.573 e. The van der Waals surface area contributed by atoms with E-state index in [9.17, 15) is 48.7 Å². The van der Waals surface area contributed by atoms with Gasteiger partial charge in [-0.3, -0.25) is 4.79 Å². The molecule has 15 heteroatoms. The lowest BCUT2D eigenvalue weighted by Crippen LogP contribution is -2.41. The summed E-state index contributed by atoms with van der Waals surface area (Å²) in [5, 5.41) is 0. The lowest BCUT2D eigenvalue weighted by Gasteiger charge is -2.32. The monoisotopic (exact) mass is 599 g/mol. The van der Waals surface area contributed by atoms with Crippen LogP contribution in [0.5, 0.6) is 17.2 Å². The van der Waals surface area contributed by atoms with Gasteiger partial charge in [0.25, 0.3) is 5.78 Å². The van der Waals surface area contributed by atoms with Crippen molar-refractivity contribution in [3.8, 4) is 28.4 Å². The van der Waals surface area contributed by atoms with Crippen LogP contribution < -0.4 is 19.1 Å². The van der Waals surface area contributed by atoms with E-state index in [1.54, 1.807) is 12.1 Å². The van der Waals surface area contributed by atoms with Crippen molar-refractivity contribution >= 4 is 11.5 Å². The number of hydrogen-bond acceptors (Lipinski definition) is 5. The smallest absolute Gasteiger partial charge is 0.489 e. The highest BCUT2D eigenvalue weighted by Crippen LogP contribution is 2.42. The summed E-state index contributed by atoms with van der Waals surface area (Å²) in [7, 11) is 0. The Labute approximate surface area is 225 Å². The summed E-state index contributed by atoms with van der Waals surface area (Å²) in [5.41, 5.74) is 0.945. The van der Waals surface area contributed by atoms with E-state index >= 15 is 0 Å². The van der Waals surface area contributed by atoms with Crippen LogP contribution in [0.4, 0.5) is 49.6 Å². The number of hydrogen-bond donors (Lipinski definition) is 0. The van der Waals surface area contributed by atoms with Crippen molar-refractivity contribution in [1.82, 2.24) is 0 Å². The minimum atomic E-state index is -4.96. The van der Waals surface area contributed by atoms with E-state index in [4.69, 9.17) is 4.74 Å². The molecule has 0 spiro atoms. The van der Waals surface area contributed by atoms with Gasteiger partial charge < -0.3 is 19.1 Å². The molecule has 0 bridgehead atoms.